The highest BCUT2D eigenvalue weighted by Gasteiger charge is 2.34. The minimum Gasteiger partial charge on any atom is -0.327 e. The van der Waals surface area contributed by atoms with Gasteiger partial charge in [-0.2, -0.15) is 0 Å². The molecule has 0 bridgehead atoms. The van der Waals surface area contributed by atoms with E-state index in [1.54, 1.807) is 11.0 Å². The number of nitrogens with zero attached hydrogens (tertiary/aromatic N) is 1. The van der Waals surface area contributed by atoms with Crippen LogP contribution in [0.2, 0.25) is 0 Å². The molecule has 1 N–H and O–H groups in total. The van der Waals surface area contributed by atoms with E-state index in [0.29, 0.717) is 18.5 Å². The lowest BCUT2D eigenvalue weighted by atomic mass is 10.0. The number of piperidine rings is 1. The average Bonchev–Trinajstić information content (AvgIpc) is 2.49. The zero-order chi connectivity index (χ0) is 16.1. The highest BCUT2D eigenvalue weighted by molar-refractivity contribution is 6.04. The van der Waals surface area contributed by atoms with Crippen LogP contribution in [-0.2, 0) is 9.59 Å². The maximum atomic E-state index is 12.9. The van der Waals surface area contributed by atoms with E-state index in [9.17, 15) is 14.4 Å². The van der Waals surface area contributed by atoms with Crippen LogP contribution in [0.5, 0.6) is 0 Å². The molecular formula is C17H22N2O3. The van der Waals surface area contributed by atoms with Crippen LogP contribution >= 0.6 is 0 Å². The van der Waals surface area contributed by atoms with Gasteiger partial charge in [0.05, 0.1) is 0 Å². The Balaban J connectivity index is 2.26. The molecule has 1 heterocycles. The van der Waals surface area contributed by atoms with Crippen LogP contribution in [0.4, 0.5) is 0 Å². The Morgan fingerprint density at radius 3 is 2.68 bits per heavy atom. The van der Waals surface area contributed by atoms with Crippen molar-refractivity contribution in [3.63, 3.8) is 0 Å². The lowest BCUT2D eigenvalue weighted by molar-refractivity contribution is -0.136. The summed E-state index contributed by atoms with van der Waals surface area (Å²) in [5, 5.41) is 2.34. The molecule has 0 radical (unpaired) electrons. The Kier molecular flexibility index (Phi) is 5.31. The number of hydrogen-bond donors (Lipinski definition) is 1. The highest BCUT2D eigenvalue weighted by Crippen LogP contribution is 2.18. The molecule has 22 heavy (non-hydrogen) atoms. The molecule has 2 rings (SSSR count). The summed E-state index contributed by atoms with van der Waals surface area (Å²) in [6.45, 7) is 4.45. The number of rotatable bonds is 5. The predicted molar refractivity (Wildman–Crippen MR) is 83.3 cm³/mol. The fourth-order valence-electron chi connectivity index (χ4n) is 2.67. The molecule has 1 aromatic carbocycles. The molecule has 1 atom stereocenters. The molecule has 0 saturated carbocycles. The molecule has 1 aliphatic heterocycles. The van der Waals surface area contributed by atoms with Gasteiger partial charge in [-0.1, -0.05) is 31.5 Å². The molecule has 5 nitrogen and oxygen atoms in total. The quantitative estimate of drug-likeness (QED) is 0.846. The summed E-state index contributed by atoms with van der Waals surface area (Å²) < 4.78 is 0. The van der Waals surface area contributed by atoms with Crippen LogP contribution in [0.15, 0.2) is 24.3 Å². The molecule has 1 saturated heterocycles. The first-order valence-electron chi connectivity index (χ1n) is 7.75. The molecule has 0 aromatic heterocycles. The average molecular weight is 302 g/mol. The Hall–Kier alpha value is -2.17. The van der Waals surface area contributed by atoms with Crippen molar-refractivity contribution < 1.29 is 14.4 Å². The van der Waals surface area contributed by atoms with Crippen LogP contribution in [0.25, 0.3) is 0 Å². The highest BCUT2D eigenvalue weighted by atomic mass is 16.2. The second kappa shape index (κ2) is 7.20. The number of unbranched alkanes of at least 4 members (excludes halogenated alkanes) is 1. The molecule has 5 heteroatoms. The van der Waals surface area contributed by atoms with Crippen LogP contribution in [0.3, 0.4) is 0 Å². The monoisotopic (exact) mass is 302 g/mol. The first-order chi connectivity index (χ1) is 10.5. The number of carbonyl (C=O) groups is 3. The van der Waals surface area contributed by atoms with E-state index in [1.165, 1.54) is 0 Å². The van der Waals surface area contributed by atoms with Gasteiger partial charge in [-0.3, -0.25) is 19.7 Å². The fourth-order valence-corrected chi connectivity index (χ4v) is 2.67. The van der Waals surface area contributed by atoms with Gasteiger partial charge >= 0.3 is 0 Å². The Labute approximate surface area is 130 Å². The third-order valence-corrected chi connectivity index (χ3v) is 3.98. The normalized spacial score (nSPS) is 18.0. The van der Waals surface area contributed by atoms with Crippen molar-refractivity contribution in [2.24, 2.45) is 0 Å². The number of benzene rings is 1. The zero-order valence-corrected chi connectivity index (χ0v) is 13.1. The van der Waals surface area contributed by atoms with Crippen molar-refractivity contribution in [2.45, 2.75) is 45.6 Å². The number of hydrogen-bond acceptors (Lipinski definition) is 3. The molecule has 1 aliphatic rings. The summed E-state index contributed by atoms with van der Waals surface area (Å²) in [5.74, 6) is -0.768. The van der Waals surface area contributed by atoms with Crippen molar-refractivity contribution in [1.29, 1.82) is 0 Å². The van der Waals surface area contributed by atoms with Gasteiger partial charge in [0.15, 0.2) is 0 Å². The molecule has 0 spiro atoms. The number of nitrogens with one attached hydrogen (secondary N) is 1. The van der Waals surface area contributed by atoms with Crippen LogP contribution < -0.4 is 5.32 Å². The van der Waals surface area contributed by atoms with Gasteiger partial charge in [0.2, 0.25) is 11.8 Å². The van der Waals surface area contributed by atoms with E-state index in [4.69, 9.17) is 0 Å². The van der Waals surface area contributed by atoms with Gasteiger partial charge in [0.1, 0.15) is 6.04 Å². The molecule has 1 fully saturated rings. The van der Waals surface area contributed by atoms with Crippen LogP contribution in [-0.4, -0.2) is 35.2 Å². The maximum Gasteiger partial charge on any atom is 0.254 e. The molecule has 0 aliphatic carbocycles. The fraction of sp³-hybridized carbons (Fsp3) is 0.471. The second-order valence-corrected chi connectivity index (χ2v) is 5.63. The zero-order valence-electron chi connectivity index (χ0n) is 13.1. The van der Waals surface area contributed by atoms with Gasteiger partial charge in [-0.25, -0.2) is 0 Å². The van der Waals surface area contributed by atoms with E-state index in [0.717, 1.165) is 18.4 Å². The van der Waals surface area contributed by atoms with Crippen LogP contribution in [0.1, 0.15) is 48.5 Å². The summed E-state index contributed by atoms with van der Waals surface area (Å²) in [4.78, 5) is 37.9. The van der Waals surface area contributed by atoms with Gasteiger partial charge in [-0.05, 0) is 31.4 Å². The largest absolute Gasteiger partial charge is 0.327 e. The minimum absolute atomic E-state index is 0.138. The van der Waals surface area contributed by atoms with Gasteiger partial charge in [0, 0.05) is 18.5 Å². The Morgan fingerprint density at radius 1 is 1.32 bits per heavy atom. The summed E-state index contributed by atoms with van der Waals surface area (Å²) >= 11 is 0. The van der Waals surface area contributed by atoms with E-state index >= 15 is 0 Å². The molecule has 3 amide bonds. The Morgan fingerprint density at radius 2 is 2.05 bits per heavy atom. The van der Waals surface area contributed by atoms with E-state index in [2.05, 4.69) is 5.32 Å². The van der Waals surface area contributed by atoms with Gasteiger partial charge in [-0.15, -0.1) is 0 Å². The smallest absolute Gasteiger partial charge is 0.254 e. The standard InChI is InChI=1S/C17H22N2O3/c1-3-4-11-19(14-9-10-15(20)18-16(14)21)17(22)13-8-6-5-7-12(13)2/h5-8,14H,3-4,9-11H2,1-2H3,(H,18,20,21). The number of aryl methyl sites for hydroxylation is 1. The molecule has 118 valence electrons. The third-order valence-electron chi connectivity index (χ3n) is 3.98. The second-order valence-electron chi connectivity index (χ2n) is 5.63. The maximum absolute atomic E-state index is 12.9. The van der Waals surface area contributed by atoms with E-state index in [-0.39, 0.29) is 24.1 Å². The van der Waals surface area contributed by atoms with Gasteiger partial charge in [0.25, 0.3) is 5.91 Å². The molecular weight excluding hydrogens is 280 g/mol. The van der Waals surface area contributed by atoms with E-state index < -0.39 is 6.04 Å². The molecule has 1 unspecified atom stereocenters. The number of imide groups is 1. The van der Waals surface area contributed by atoms with Crippen LogP contribution in [0, 0.1) is 6.92 Å². The topological polar surface area (TPSA) is 66.5 Å². The molecule has 1 aromatic rings. The first kappa shape index (κ1) is 16.2. The van der Waals surface area contributed by atoms with Crippen molar-refractivity contribution in [3.8, 4) is 0 Å². The lowest BCUT2D eigenvalue weighted by Crippen LogP contribution is -2.54. The van der Waals surface area contributed by atoms with Crippen molar-refractivity contribution in [2.75, 3.05) is 6.54 Å². The van der Waals surface area contributed by atoms with E-state index in [1.807, 2.05) is 32.0 Å². The van der Waals surface area contributed by atoms with Crippen molar-refractivity contribution in [3.05, 3.63) is 35.4 Å². The minimum atomic E-state index is -0.559. The SMILES string of the molecule is CCCCN(C(=O)c1ccccc1C)C1CCC(=O)NC1=O. The van der Waals surface area contributed by atoms with Gasteiger partial charge < -0.3 is 4.90 Å². The summed E-state index contributed by atoms with van der Waals surface area (Å²) in [6.07, 6.45) is 2.44. The number of amides is 3. The van der Waals surface area contributed by atoms with Crippen molar-refractivity contribution >= 4 is 17.7 Å². The predicted octanol–water partition coefficient (Wildman–Crippen LogP) is 2.04. The number of carbonyl (C=O) groups excluding carboxylic acids is 3. The summed E-state index contributed by atoms with van der Waals surface area (Å²) in [5.41, 5.74) is 1.50. The van der Waals surface area contributed by atoms with Crippen molar-refractivity contribution in [1.82, 2.24) is 10.2 Å². The first-order valence-corrected chi connectivity index (χ1v) is 7.75. The summed E-state index contributed by atoms with van der Waals surface area (Å²) in [7, 11) is 0. The lowest BCUT2D eigenvalue weighted by Gasteiger charge is -2.33. The Bertz CT molecular complexity index is 583. The summed E-state index contributed by atoms with van der Waals surface area (Å²) in [6, 6.07) is 6.81. The third kappa shape index (κ3) is 3.53.